The van der Waals surface area contributed by atoms with Crippen molar-refractivity contribution in [2.45, 2.75) is 38.9 Å². The lowest BCUT2D eigenvalue weighted by Gasteiger charge is -2.41. The number of hydrogen-bond donors (Lipinski definition) is 1. The lowest BCUT2D eigenvalue weighted by Crippen LogP contribution is -2.57. The monoisotopic (exact) mass is 385 g/mol. The van der Waals surface area contributed by atoms with Crippen LogP contribution >= 0.6 is 0 Å². The highest BCUT2D eigenvalue weighted by molar-refractivity contribution is 5.82. The molecule has 150 valence electrons. The van der Waals surface area contributed by atoms with Gasteiger partial charge in [-0.3, -0.25) is 18.7 Å². The smallest absolute Gasteiger partial charge is 0.329 e. The molecule has 8 heteroatoms. The number of rotatable bonds is 4. The van der Waals surface area contributed by atoms with Crippen LogP contribution in [0.4, 0.5) is 0 Å². The summed E-state index contributed by atoms with van der Waals surface area (Å²) < 4.78 is 3.27. The maximum Gasteiger partial charge on any atom is 0.329 e. The van der Waals surface area contributed by atoms with Gasteiger partial charge in [0.15, 0.2) is 0 Å². The van der Waals surface area contributed by atoms with Crippen molar-refractivity contribution in [2.75, 3.05) is 32.7 Å². The fraction of sp³-hybridized carbons (Fsp3) is 0.550. The van der Waals surface area contributed by atoms with Gasteiger partial charge in [-0.05, 0) is 31.9 Å². The zero-order valence-electron chi connectivity index (χ0n) is 16.3. The van der Waals surface area contributed by atoms with Gasteiger partial charge in [-0.1, -0.05) is 12.1 Å². The molecule has 0 spiro atoms. The highest BCUT2D eigenvalue weighted by Crippen LogP contribution is 2.18. The van der Waals surface area contributed by atoms with Crippen molar-refractivity contribution in [3.63, 3.8) is 0 Å². The molecular weight excluding hydrogens is 358 g/mol. The average molecular weight is 385 g/mol. The van der Waals surface area contributed by atoms with Crippen LogP contribution in [0.3, 0.4) is 0 Å². The van der Waals surface area contributed by atoms with Gasteiger partial charge in [-0.2, -0.15) is 0 Å². The molecule has 0 radical (unpaired) electrons. The largest absolute Gasteiger partial charge is 0.339 e. The molecule has 0 aliphatic carbocycles. The third-order valence-corrected chi connectivity index (χ3v) is 5.85. The van der Waals surface area contributed by atoms with E-state index in [0.717, 1.165) is 30.4 Å². The molecule has 2 aromatic rings. The Hall–Kier alpha value is -2.61. The molecule has 1 N–H and O–H groups in total. The molecule has 4 rings (SSSR count). The van der Waals surface area contributed by atoms with Gasteiger partial charge in [0.2, 0.25) is 11.8 Å². The van der Waals surface area contributed by atoms with E-state index < -0.39 is 0 Å². The molecule has 2 saturated heterocycles. The number of imidazole rings is 1. The Labute approximate surface area is 163 Å². The second-order valence-corrected chi connectivity index (χ2v) is 7.50. The third-order valence-electron chi connectivity index (χ3n) is 5.85. The highest BCUT2D eigenvalue weighted by Gasteiger charge is 2.32. The molecule has 1 unspecified atom stereocenters. The summed E-state index contributed by atoms with van der Waals surface area (Å²) >= 11 is 0. The van der Waals surface area contributed by atoms with Gasteiger partial charge in [0.25, 0.3) is 0 Å². The van der Waals surface area contributed by atoms with Crippen LogP contribution in [0.5, 0.6) is 0 Å². The van der Waals surface area contributed by atoms with E-state index >= 15 is 0 Å². The van der Waals surface area contributed by atoms with Crippen molar-refractivity contribution >= 4 is 22.8 Å². The van der Waals surface area contributed by atoms with Gasteiger partial charge in [-0.15, -0.1) is 0 Å². The summed E-state index contributed by atoms with van der Waals surface area (Å²) in [5, 5.41) is 3.09. The first kappa shape index (κ1) is 18.7. The van der Waals surface area contributed by atoms with Gasteiger partial charge >= 0.3 is 5.69 Å². The molecule has 28 heavy (non-hydrogen) atoms. The number of fused-ring (bicyclic) bond motifs is 1. The molecule has 0 saturated carbocycles. The Morgan fingerprint density at radius 3 is 2.61 bits per heavy atom. The molecule has 2 aliphatic rings. The highest BCUT2D eigenvalue weighted by atomic mass is 16.2. The number of nitrogens with zero attached hydrogens (tertiary/aromatic N) is 4. The number of likely N-dealkylation sites (tertiary alicyclic amines) is 1. The number of carbonyl (C=O) groups is 2. The molecular formula is C20H27N5O3. The van der Waals surface area contributed by atoms with Gasteiger partial charge in [0.05, 0.1) is 17.6 Å². The second-order valence-electron chi connectivity index (χ2n) is 7.50. The molecule has 1 atom stereocenters. The van der Waals surface area contributed by atoms with Crippen LogP contribution in [0.2, 0.25) is 0 Å². The maximum absolute atomic E-state index is 13.0. The van der Waals surface area contributed by atoms with Gasteiger partial charge in [-0.25, -0.2) is 4.79 Å². The molecule has 3 heterocycles. The zero-order chi connectivity index (χ0) is 19.7. The first-order chi connectivity index (χ1) is 13.6. The van der Waals surface area contributed by atoms with E-state index in [0.29, 0.717) is 32.7 Å². The van der Waals surface area contributed by atoms with E-state index in [9.17, 15) is 14.4 Å². The van der Waals surface area contributed by atoms with E-state index in [-0.39, 0.29) is 30.1 Å². The number of hydrogen-bond acceptors (Lipinski definition) is 4. The van der Waals surface area contributed by atoms with Crippen LogP contribution in [0.15, 0.2) is 29.1 Å². The lowest BCUT2D eigenvalue weighted by atomic mass is 10.0. The standard InChI is InChI=1S/C20H27N5O3/c1-2-23-16-7-3-4-8-17(16)25(20(23)28)14-19(27)22-10-5-6-15(13-22)24-11-9-21-12-18(24)26/h3-4,7-8,15,21H,2,5-6,9-14H2,1H3. The van der Waals surface area contributed by atoms with Crippen molar-refractivity contribution in [1.82, 2.24) is 24.3 Å². The van der Waals surface area contributed by atoms with Crippen LogP contribution in [-0.4, -0.2) is 69.5 Å². The summed E-state index contributed by atoms with van der Waals surface area (Å²) in [5.41, 5.74) is 1.49. The minimum absolute atomic E-state index is 0.0363. The molecule has 1 aromatic heterocycles. The Kier molecular flexibility index (Phi) is 5.21. The Morgan fingerprint density at radius 2 is 1.89 bits per heavy atom. The number of benzene rings is 1. The zero-order valence-corrected chi connectivity index (χ0v) is 16.3. The number of carbonyl (C=O) groups excluding carboxylic acids is 2. The first-order valence-electron chi connectivity index (χ1n) is 10.1. The molecule has 2 aliphatic heterocycles. The number of aryl methyl sites for hydroxylation is 1. The summed E-state index contributed by atoms with van der Waals surface area (Å²) in [5.74, 6) is 0.0428. The lowest BCUT2D eigenvalue weighted by molar-refractivity contribution is -0.140. The fourth-order valence-corrected chi connectivity index (χ4v) is 4.41. The SMILES string of the molecule is CCn1c(=O)n(CC(=O)N2CCCC(N3CCNCC3=O)C2)c2ccccc21. The maximum atomic E-state index is 13.0. The van der Waals surface area contributed by atoms with Crippen molar-refractivity contribution in [3.05, 3.63) is 34.7 Å². The second kappa shape index (κ2) is 7.79. The quantitative estimate of drug-likeness (QED) is 0.818. The van der Waals surface area contributed by atoms with Crippen molar-refractivity contribution < 1.29 is 9.59 Å². The topological polar surface area (TPSA) is 79.6 Å². The van der Waals surface area contributed by atoms with Crippen molar-refractivity contribution in [1.29, 1.82) is 0 Å². The molecule has 2 fully saturated rings. The molecule has 8 nitrogen and oxygen atoms in total. The van der Waals surface area contributed by atoms with Gasteiger partial charge < -0.3 is 15.1 Å². The van der Waals surface area contributed by atoms with E-state index in [1.54, 1.807) is 9.13 Å². The Balaban J connectivity index is 1.52. The van der Waals surface area contributed by atoms with Gasteiger partial charge in [0, 0.05) is 38.8 Å². The minimum Gasteiger partial charge on any atom is -0.339 e. The van der Waals surface area contributed by atoms with Crippen LogP contribution in [0.1, 0.15) is 19.8 Å². The number of nitrogens with one attached hydrogen (secondary N) is 1. The third kappa shape index (κ3) is 3.32. The number of aromatic nitrogens is 2. The van der Waals surface area contributed by atoms with E-state index in [1.165, 1.54) is 0 Å². The predicted octanol–water partition coefficient (Wildman–Crippen LogP) is 0.246. The van der Waals surface area contributed by atoms with Crippen LogP contribution in [-0.2, 0) is 22.7 Å². The number of piperidine rings is 1. The van der Waals surface area contributed by atoms with E-state index in [1.807, 2.05) is 41.0 Å². The number of para-hydroxylation sites is 2. The molecule has 2 amide bonds. The van der Waals surface area contributed by atoms with E-state index in [2.05, 4.69) is 5.32 Å². The average Bonchev–Trinajstić information content (AvgIpc) is 2.99. The number of amides is 2. The molecule has 1 aromatic carbocycles. The van der Waals surface area contributed by atoms with Crippen LogP contribution < -0.4 is 11.0 Å². The predicted molar refractivity (Wildman–Crippen MR) is 106 cm³/mol. The normalized spacial score (nSPS) is 20.8. The van der Waals surface area contributed by atoms with Crippen LogP contribution in [0.25, 0.3) is 11.0 Å². The summed E-state index contributed by atoms with van der Waals surface area (Å²) in [7, 11) is 0. The summed E-state index contributed by atoms with van der Waals surface area (Å²) in [6.07, 6.45) is 1.80. The van der Waals surface area contributed by atoms with Crippen molar-refractivity contribution in [3.8, 4) is 0 Å². The first-order valence-corrected chi connectivity index (χ1v) is 10.1. The summed E-state index contributed by atoms with van der Waals surface area (Å²) in [4.78, 5) is 41.7. The molecule has 0 bridgehead atoms. The fourth-order valence-electron chi connectivity index (χ4n) is 4.41. The van der Waals surface area contributed by atoms with Crippen molar-refractivity contribution in [2.24, 2.45) is 0 Å². The minimum atomic E-state index is -0.150. The Morgan fingerprint density at radius 1 is 1.14 bits per heavy atom. The number of piperazine rings is 1. The van der Waals surface area contributed by atoms with Gasteiger partial charge in [0.1, 0.15) is 6.54 Å². The Bertz CT molecular complexity index is 947. The summed E-state index contributed by atoms with van der Waals surface area (Å²) in [6, 6.07) is 7.65. The van der Waals surface area contributed by atoms with E-state index in [4.69, 9.17) is 0 Å². The van der Waals surface area contributed by atoms with Crippen LogP contribution in [0, 0.1) is 0 Å². The summed E-state index contributed by atoms with van der Waals surface area (Å²) in [6.45, 7) is 5.61.